The lowest BCUT2D eigenvalue weighted by Gasteiger charge is -2.00. The number of nitrogens with zero attached hydrogens (tertiary/aromatic N) is 1. The molecule has 0 radical (unpaired) electrons. The lowest BCUT2D eigenvalue weighted by molar-refractivity contribution is 1.36. The molecule has 1 aromatic carbocycles. The van der Waals surface area contributed by atoms with Crippen LogP contribution in [0.4, 0.5) is 0 Å². The van der Waals surface area contributed by atoms with Crippen molar-refractivity contribution in [1.29, 1.82) is 0 Å². The molecule has 0 unspecified atom stereocenters. The minimum Gasteiger partial charge on any atom is -0.264 e. The van der Waals surface area contributed by atoms with Crippen molar-refractivity contribution in [3.05, 3.63) is 39.2 Å². The third-order valence-corrected chi connectivity index (χ3v) is 3.50. The molecule has 1 heterocycles. The SMILES string of the molecule is Clc1ccc2cnccc2c1I. The Kier molecular flexibility index (Phi) is 2.19. The summed E-state index contributed by atoms with van der Waals surface area (Å²) in [6.07, 6.45) is 3.62. The van der Waals surface area contributed by atoms with Gasteiger partial charge in [0.1, 0.15) is 0 Å². The summed E-state index contributed by atoms with van der Waals surface area (Å²) < 4.78 is 1.09. The molecule has 0 saturated carbocycles. The molecule has 0 aliphatic carbocycles. The van der Waals surface area contributed by atoms with E-state index in [1.807, 2.05) is 24.4 Å². The quantitative estimate of drug-likeness (QED) is 0.677. The highest BCUT2D eigenvalue weighted by molar-refractivity contribution is 14.1. The maximum absolute atomic E-state index is 5.96. The first-order valence-corrected chi connectivity index (χ1v) is 4.92. The van der Waals surface area contributed by atoms with Crippen molar-refractivity contribution in [2.45, 2.75) is 0 Å². The van der Waals surface area contributed by atoms with Crippen molar-refractivity contribution in [2.24, 2.45) is 0 Å². The summed E-state index contributed by atoms with van der Waals surface area (Å²) in [7, 11) is 0. The molecule has 0 N–H and O–H groups in total. The molecule has 12 heavy (non-hydrogen) atoms. The van der Waals surface area contributed by atoms with Crippen molar-refractivity contribution >= 4 is 45.0 Å². The van der Waals surface area contributed by atoms with Crippen LogP contribution in [0.5, 0.6) is 0 Å². The van der Waals surface area contributed by atoms with Crippen molar-refractivity contribution < 1.29 is 0 Å². The van der Waals surface area contributed by atoms with E-state index in [1.165, 1.54) is 0 Å². The molecule has 0 spiro atoms. The zero-order valence-corrected chi connectivity index (χ0v) is 9.00. The summed E-state index contributed by atoms with van der Waals surface area (Å²) in [5.74, 6) is 0. The molecule has 0 atom stereocenters. The predicted molar refractivity (Wildman–Crippen MR) is 59.5 cm³/mol. The molecule has 0 amide bonds. The van der Waals surface area contributed by atoms with Gasteiger partial charge in [0.15, 0.2) is 0 Å². The molecule has 0 saturated heterocycles. The number of rotatable bonds is 0. The third-order valence-electron chi connectivity index (χ3n) is 1.71. The zero-order valence-electron chi connectivity index (χ0n) is 6.09. The normalized spacial score (nSPS) is 10.5. The standard InChI is InChI=1S/C9H5ClIN/c10-8-2-1-6-5-12-4-3-7(6)9(8)11/h1-5H. The monoisotopic (exact) mass is 289 g/mol. The number of halogens is 2. The van der Waals surface area contributed by atoms with Gasteiger partial charge in [-0.25, -0.2) is 0 Å². The summed E-state index contributed by atoms with van der Waals surface area (Å²) in [4.78, 5) is 4.04. The second-order valence-electron chi connectivity index (χ2n) is 2.46. The van der Waals surface area contributed by atoms with E-state index in [4.69, 9.17) is 11.6 Å². The Balaban J connectivity index is 2.91. The fraction of sp³-hybridized carbons (Fsp3) is 0. The van der Waals surface area contributed by atoms with Gasteiger partial charge >= 0.3 is 0 Å². The maximum Gasteiger partial charge on any atom is 0.0546 e. The molecule has 2 aromatic rings. The van der Waals surface area contributed by atoms with Gasteiger partial charge < -0.3 is 0 Å². The van der Waals surface area contributed by atoms with E-state index in [0.29, 0.717) is 0 Å². The number of pyridine rings is 1. The summed E-state index contributed by atoms with van der Waals surface area (Å²) in [5, 5.41) is 3.10. The molecule has 0 bridgehead atoms. The van der Waals surface area contributed by atoms with Crippen LogP contribution >= 0.6 is 34.2 Å². The van der Waals surface area contributed by atoms with Crippen LogP contribution in [-0.2, 0) is 0 Å². The maximum atomic E-state index is 5.96. The average Bonchev–Trinajstić information content (AvgIpc) is 2.12. The summed E-state index contributed by atoms with van der Waals surface area (Å²) in [6, 6.07) is 5.85. The Bertz CT molecular complexity index is 428. The van der Waals surface area contributed by atoms with Crippen LogP contribution in [0.15, 0.2) is 30.6 Å². The molecule has 60 valence electrons. The first kappa shape index (κ1) is 8.26. The van der Waals surface area contributed by atoms with Gasteiger partial charge in [-0.3, -0.25) is 4.98 Å². The Morgan fingerprint density at radius 3 is 2.92 bits per heavy atom. The summed E-state index contributed by atoms with van der Waals surface area (Å²) >= 11 is 8.20. The molecule has 1 aromatic heterocycles. The van der Waals surface area contributed by atoms with Crippen molar-refractivity contribution in [3.8, 4) is 0 Å². The fourth-order valence-electron chi connectivity index (χ4n) is 1.10. The molecular formula is C9H5ClIN. The van der Waals surface area contributed by atoms with Crippen molar-refractivity contribution in [2.75, 3.05) is 0 Å². The summed E-state index contributed by atoms with van der Waals surface area (Å²) in [5.41, 5.74) is 0. The van der Waals surface area contributed by atoms with Gasteiger partial charge in [0, 0.05) is 21.4 Å². The molecule has 0 aliphatic rings. The van der Waals surface area contributed by atoms with Crippen LogP contribution in [0, 0.1) is 3.57 Å². The lowest BCUT2D eigenvalue weighted by Crippen LogP contribution is -1.80. The van der Waals surface area contributed by atoms with E-state index in [2.05, 4.69) is 27.6 Å². The van der Waals surface area contributed by atoms with E-state index in [9.17, 15) is 0 Å². The van der Waals surface area contributed by atoms with Gasteiger partial charge in [0.05, 0.1) is 5.02 Å². The minimum atomic E-state index is 0.800. The van der Waals surface area contributed by atoms with Gasteiger partial charge in [-0.1, -0.05) is 17.7 Å². The molecule has 3 heteroatoms. The van der Waals surface area contributed by atoms with Crippen LogP contribution in [0.1, 0.15) is 0 Å². The molecule has 0 fully saturated rings. The minimum absolute atomic E-state index is 0.800. The highest BCUT2D eigenvalue weighted by Gasteiger charge is 2.01. The van der Waals surface area contributed by atoms with Gasteiger partial charge in [0.25, 0.3) is 0 Å². The van der Waals surface area contributed by atoms with Crippen molar-refractivity contribution in [1.82, 2.24) is 4.98 Å². The topological polar surface area (TPSA) is 12.9 Å². The number of hydrogen-bond donors (Lipinski definition) is 0. The van der Waals surface area contributed by atoms with E-state index in [1.54, 1.807) is 6.20 Å². The molecule has 0 aliphatic heterocycles. The molecule has 1 nitrogen and oxygen atoms in total. The van der Waals surface area contributed by atoms with Crippen LogP contribution in [0.2, 0.25) is 5.02 Å². The Hall–Kier alpha value is -0.350. The van der Waals surface area contributed by atoms with E-state index in [0.717, 1.165) is 19.4 Å². The van der Waals surface area contributed by atoms with Crippen LogP contribution in [0.3, 0.4) is 0 Å². The van der Waals surface area contributed by atoms with E-state index in [-0.39, 0.29) is 0 Å². The largest absolute Gasteiger partial charge is 0.264 e. The Morgan fingerprint density at radius 1 is 1.25 bits per heavy atom. The van der Waals surface area contributed by atoms with Gasteiger partial charge in [-0.05, 0) is 40.1 Å². The van der Waals surface area contributed by atoms with E-state index >= 15 is 0 Å². The number of aromatic nitrogens is 1. The van der Waals surface area contributed by atoms with Crippen LogP contribution in [-0.4, -0.2) is 4.98 Å². The zero-order chi connectivity index (χ0) is 8.55. The Labute approximate surface area is 88.9 Å². The third kappa shape index (κ3) is 1.29. The van der Waals surface area contributed by atoms with Crippen molar-refractivity contribution in [3.63, 3.8) is 0 Å². The second-order valence-corrected chi connectivity index (χ2v) is 3.94. The number of benzene rings is 1. The average molecular weight is 290 g/mol. The second kappa shape index (κ2) is 3.18. The van der Waals surface area contributed by atoms with Gasteiger partial charge in [0.2, 0.25) is 0 Å². The van der Waals surface area contributed by atoms with Crippen LogP contribution in [0.25, 0.3) is 10.8 Å². The Morgan fingerprint density at radius 2 is 2.08 bits per heavy atom. The van der Waals surface area contributed by atoms with Gasteiger partial charge in [-0.2, -0.15) is 0 Å². The number of fused-ring (bicyclic) bond motifs is 1. The highest BCUT2D eigenvalue weighted by Crippen LogP contribution is 2.26. The van der Waals surface area contributed by atoms with E-state index < -0.39 is 0 Å². The highest BCUT2D eigenvalue weighted by atomic mass is 127. The lowest BCUT2D eigenvalue weighted by atomic mass is 10.2. The van der Waals surface area contributed by atoms with Crippen LogP contribution < -0.4 is 0 Å². The summed E-state index contributed by atoms with van der Waals surface area (Å²) in [6.45, 7) is 0. The fourth-order valence-corrected chi connectivity index (χ4v) is 1.94. The smallest absolute Gasteiger partial charge is 0.0546 e. The molecule has 2 rings (SSSR count). The first-order valence-electron chi connectivity index (χ1n) is 3.47. The first-order chi connectivity index (χ1) is 5.79. The molecular weight excluding hydrogens is 284 g/mol. The predicted octanol–water partition coefficient (Wildman–Crippen LogP) is 3.49. The van der Waals surface area contributed by atoms with Gasteiger partial charge in [-0.15, -0.1) is 0 Å². The number of hydrogen-bond acceptors (Lipinski definition) is 1.